The molecule has 0 unspecified atom stereocenters. The van der Waals surface area contributed by atoms with Gasteiger partial charge in [0.15, 0.2) is 0 Å². The molecule has 9 heteroatoms. The molecule has 1 aromatic heterocycles. The van der Waals surface area contributed by atoms with Gasteiger partial charge in [-0.15, -0.1) is 0 Å². The van der Waals surface area contributed by atoms with Crippen LogP contribution in [0.5, 0.6) is 5.75 Å². The largest absolute Gasteiger partial charge is 0.497 e. The van der Waals surface area contributed by atoms with Crippen LogP contribution in [0.3, 0.4) is 0 Å². The van der Waals surface area contributed by atoms with Gasteiger partial charge in [0.2, 0.25) is 5.91 Å². The van der Waals surface area contributed by atoms with E-state index in [0.717, 1.165) is 26.7 Å². The number of ether oxygens (including phenoxy) is 1. The lowest BCUT2D eigenvalue weighted by atomic mass is 10.2. The van der Waals surface area contributed by atoms with Gasteiger partial charge in [-0.25, -0.2) is 0 Å². The van der Waals surface area contributed by atoms with Crippen molar-refractivity contribution in [2.24, 2.45) is 0 Å². The Morgan fingerprint density at radius 3 is 2.50 bits per heavy atom. The summed E-state index contributed by atoms with van der Waals surface area (Å²) >= 11 is 4.16. The second-order valence-electron chi connectivity index (χ2n) is 6.75. The first-order valence-corrected chi connectivity index (χ1v) is 11.1. The van der Waals surface area contributed by atoms with Crippen LogP contribution < -0.4 is 10.1 Å². The van der Waals surface area contributed by atoms with Crippen LogP contribution >= 0.6 is 27.7 Å². The monoisotopic (exact) mass is 512 g/mol. The van der Waals surface area contributed by atoms with Crippen molar-refractivity contribution in [3.63, 3.8) is 0 Å². The molecule has 0 atom stereocenters. The normalized spacial score (nSPS) is 14.8. The summed E-state index contributed by atoms with van der Waals surface area (Å²) in [6.07, 6.45) is 1.51. The average Bonchev–Trinajstić information content (AvgIpc) is 3.35. The molecule has 162 valence electrons. The highest BCUT2D eigenvalue weighted by Gasteiger charge is 2.36. The van der Waals surface area contributed by atoms with Crippen molar-refractivity contribution in [1.29, 1.82) is 0 Å². The van der Waals surface area contributed by atoms with E-state index in [1.807, 2.05) is 24.3 Å². The molecule has 0 bridgehead atoms. The number of methoxy groups -OCH3 is 1. The van der Waals surface area contributed by atoms with E-state index in [9.17, 15) is 14.4 Å². The Balaban J connectivity index is 1.42. The molecular formula is C23H17BrN2O5S. The van der Waals surface area contributed by atoms with Gasteiger partial charge in [-0.1, -0.05) is 28.1 Å². The number of amides is 3. The first kappa shape index (κ1) is 21.9. The molecule has 1 aliphatic heterocycles. The third-order valence-corrected chi connectivity index (χ3v) is 6.01. The molecule has 3 aromatic rings. The summed E-state index contributed by atoms with van der Waals surface area (Å²) in [5, 5.41) is 2.15. The van der Waals surface area contributed by atoms with Crippen LogP contribution in [0.25, 0.3) is 17.4 Å². The maximum Gasteiger partial charge on any atom is 0.294 e. The van der Waals surface area contributed by atoms with Crippen molar-refractivity contribution >= 4 is 56.5 Å². The summed E-state index contributed by atoms with van der Waals surface area (Å²) in [5.41, 5.74) is 1.42. The molecule has 0 radical (unpaired) electrons. The Morgan fingerprint density at radius 1 is 1.09 bits per heavy atom. The predicted octanol–water partition coefficient (Wildman–Crippen LogP) is 5.39. The van der Waals surface area contributed by atoms with E-state index in [4.69, 9.17) is 9.15 Å². The summed E-state index contributed by atoms with van der Waals surface area (Å²) in [6.45, 7) is -0.379. The van der Waals surface area contributed by atoms with Gasteiger partial charge < -0.3 is 14.5 Å². The maximum absolute atomic E-state index is 12.7. The lowest BCUT2D eigenvalue weighted by Gasteiger charge is -2.12. The van der Waals surface area contributed by atoms with Crippen LogP contribution in [0, 0.1) is 0 Å². The molecule has 32 heavy (non-hydrogen) atoms. The van der Waals surface area contributed by atoms with Gasteiger partial charge in [0.1, 0.15) is 23.8 Å². The zero-order valence-electron chi connectivity index (χ0n) is 16.8. The van der Waals surface area contributed by atoms with Gasteiger partial charge in [-0.3, -0.25) is 19.3 Å². The van der Waals surface area contributed by atoms with Gasteiger partial charge >= 0.3 is 0 Å². The molecule has 1 aliphatic rings. The highest BCUT2D eigenvalue weighted by molar-refractivity contribution is 9.10. The van der Waals surface area contributed by atoms with Crippen LogP contribution in [-0.2, 0) is 9.59 Å². The second-order valence-corrected chi connectivity index (χ2v) is 8.66. The smallest absolute Gasteiger partial charge is 0.294 e. The molecule has 4 rings (SSSR count). The number of carbonyl (C=O) groups is 3. The van der Waals surface area contributed by atoms with Crippen molar-refractivity contribution in [1.82, 2.24) is 4.90 Å². The Kier molecular flexibility index (Phi) is 6.48. The van der Waals surface area contributed by atoms with E-state index in [1.165, 1.54) is 6.08 Å². The number of imide groups is 1. The van der Waals surface area contributed by atoms with Crippen molar-refractivity contribution in [2.75, 3.05) is 19.0 Å². The Bertz CT molecular complexity index is 1200. The molecule has 0 aliphatic carbocycles. The summed E-state index contributed by atoms with van der Waals surface area (Å²) < 4.78 is 11.8. The topological polar surface area (TPSA) is 88.8 Å². The highest BCUT2D eigenvalue weighted by atomic mass is 79.9. The van der Waals surface area contributed by atoms with Gasteiger partial charge in [-0.2, -0.15) is 0 Å². The van der Waals surface area contributed by atoms with Crippen molar-refractivity contribution in [3.05, 3.63) is 75.8 Å². The minimum absolute atomic E-state index is 0.198. The molecule has 7 nitrogen and oxygen atoms in total. The van der Waals surface area contributed by atoms with Crippen LogP contribution in [0.1, 0.15) is 5.76 Å². The number of hydrogen-bond donors (Lipinski definition) is 1. The SMILES string of the molecule is COc1ccc(NC(=O)CN2C(=O)S/C(=C/c3ccc(-c4ccc(Br)cc4)o3)C2=O)cc1. The summed E-state index contributed by atoms with van der Waals surface area (Å²) in [6, 6.07) is 17.9. The first-order chi connectivity index (χ1) is 15.4. The number of nitrogens with zero attached hydrogens (tertiary/aromatic N) is 1. The third-order valence-electron chi connectivity index (χ3n) is 4.58. The van der Waals surface area contributed by atoms with Crippen LogP contribution in [-0.4, -0.2) is 35.6 Å². The highest BCUT2D eigenvalue weighted by Crippen LogP contribution is 2.33. The fourth-order valence-electron chi connectivity index (χ4n) is 2.98. The Hall–Kier alpha value is -3.30. The lowest BCUT2D eigenvalue weighted by molar-refractivity contribution is -0.127. The van der Waals surface area contributed by atoms with Crippen molar-refractivity contribution < 1.29 is 23.5 Å². The van der Waals surface area contributed by atoms with Gasteiger partial charge in [0.05, 0.1) is 12.0 Å². The molecule has 1 saturated heterocycles. The van der Waals surface area contributed by atoms with E-state index < -0.39 is 17.1 Å². The minimum Gasteiger partial charge on any atom is -0.497 e. The molecule has 3 amide bonds. The molecule has 1 fully saturated rings. The number of halogens is 1. The molecule has 1 N–H and O–H groups in total. The molecule has 0 saturated carbocycles. The van der Waals surface area contributed by atoms with Crippen molar-refractivity contribution in [2.45, 2.75) is 0 Å². The first-order valence-electron chi connectivity index (χ1n) is 9.48. The lowest BCUT2D eigenvalue weighted by Crippen LogP contribution is -2.36. The van der Waals surface area contributed by atoms with E-state index in [0.29, 0.717) is 23.0 Å². The zero-order valence-corrected chi connectivity index (χ0v) is 19.2. The zero-order chi connectivity index (χ0) is 22.7. The maximum atomic E-state index is 12.7. The third kappa shape index (κ3) is 4.95. The van der Waals surface area contributed by atoms with Gasteiger partial charge in [-0.05, 0) is 60.3 Å². The standard InChI is InChI=1S/C23H17BrN2O5S/c1-30-17-8-6-16(7-9-17)25-21(27)13-26-22(28)20(32-23(26)29)12-18-10-11-19(31-18)14-2-4-15(24)5-3-14/h2-12H,13H2,1H3,(H,25,27)/b20-12+. The predicted molar refractivity (Wildman–Crippen MR) is 126 cm³/mol. The van der Waals surface area contributed by atoms with Gasteiger partial charge in [0, 0.05) is 21.8 Å². The Labute approximate surface area is 196 Å². The molecule has 2 heterocycles. The average molecular weight is 513 g/mol. The minimum atomic E-state index is -0.536. The number of furan rings is 1. The number of thioether (sulfide) groups is 1. The van der Waals surface area contributed by atoms with Gasteiger partial charge in [0.25, 0.3) is 11.1 Å². The van der Waals surface area contributed by atoms with Crippen LogP contribution in [0.2, 0.25) is 0 Å². The number of hydrogen-bond acceptors (Lipinski definition) is 6. The number of carbonyl (C=O) groups excluding carboxylic acids is 3. The summed E-state index contributed by atoms with van der Waals surface area (Å²) in [4.78, 5) is 38.4. The number of rotatable bonds is 6. The van der Waals surface area contributed by atoms with Crippen molar-refractivity contribution in [3.8, 4) is 17.1 Å². The number of anilines is 1. The second kappa shape index (κ2) is 9.46. The fourth-order valence-corrected chi connectivity index (χ4v) is 4.07. The van der Waals surface area contributed by atoms with E-state index >= 15 is 0 Å². The van der Waals surface area contributed by atoms with Crippen LogP contribution in [0.15, 0.2) is 74.5 Å². The molecule has 0 spiro atoms. The molecule has 2 aromatic carbocycles. The fraction of sp³-hybridized carbons (Fsp3) is 0.0870. The van der Waals surface area contributed by atoms with E-state index in [1.54, 1.807) is 43.5 Å². The summed E-state index contributed by atoms with van der Waals surface area (Å²) in [7, 11) is 1.55. The Morgan fingerprint density at radius 2 is 1.81 bits per heavy atom. The number of nitrogens with one attached hydrogen (secondary N) is 1. The van der Waals surface area contributed by atoms with E-state index in [-0.39, 0.29) is 11.4 Å². The molecular weight excluding hydrogens is 496 g/mol. The van der Waals surface area contributed by atoms with E-state index in [2.05, 4.69) is 21.2 Å². The number of benzene rings is 2. The summed E-state index contributed by atoms with van der Waals surface area (Å²) in [5.74, 6) is 0.721. The van der Waals surface area contributed by atoms with Crippen LogP contribution in [0.4, 0.5) is 10.5 Å². The quantitative estimate of drug-likeness (QED) is 0.445.